The molecule has 0 atom stereocenters. The van der Waals surface area contributed by atoms with Crippen LogP contribution >= 0.6 is 15.6 Å². The van der Waals surface area contributed by atoms with Crippen LogP contribution in [0.1, 0.15) is 33.9 Å². The summed E-state index contributed by atoms with van der Waals surface area (Å²) in [5.41, 5.74) is 8.37. The minimum Gasteiger partial charge on any atom is -0.287 e. The van der Waals surface area contributed by atoms with Crippen LogP contribution in [0.2, 0.25) is 0 Å². The quantitative estimate of drug-likeness (QED) is 0.0653. The number of benzene rings is 2. The number of nitrogens with zero attached hydrogens (tertiary/aromatic N) is 6. The second kappa shape index (κ2) is 18.4. The third kappa shape index (κ3) is 24.9. The zero-order valence-electron chi connectivity index (χ0n) is 30.6. The van der Waals surface area contributed by atoms with Crippen LogP contribution in [-0.4, -0.2) is 29.7 Å². The van der Waals surface area contributed by atoms with Crippen molar-refractivity contribution in [3.63, 3.8) is 0 Å². The average Bonchev–Trinajstić information content (AvgIpc) is 3.11. The molecule has 21 heteroatoms. The van der Waals surface area contributed by atoms with Gasteiger partial charge in [0.2, 0.25) is 0 Å². The molecule has 0 aliphatic rings. The molecule has 0 saturated carbocycles. The van der Waals surface area contributed by atoms with Crippen molar-refractivity contribution in [2.24, 2.45) is 0 Å². The maximum atomic E-state index is 9.87. The predicted molar refractivity (Wildman–Crippen MR) is 202 cm³/mol. The topological polar surface area (TPSA) is 58.0 Å². The van der Waals surface area contributed by atoms with E-state index in [0.29, 0.717) is 13.1 Å². The summed E-state index contributed by atoms with van der Waals surface area (Å²) in [7, 11) is -21.3. The van der Waals surface area contributed by atoms with Crippen LogP contribution in [-0.2, 0) is 56.3 Å². The van der Waals surface area contributed by atoms with Crippen molar-refractivity contribution in [3.05, 3.63) is 180 Å². The molecule has 2 aromatic carbocycles. The molecule has 0 saturated heterocycles. The van der Waals surface area contributed by atoms with Crippen molar-refractivity contribution in [2.75, 3.05) is 0 Å². The summed E-state index contributed by atoms with van der Waals surface area (Å²) >= 11 is 0. The Hall–Kier alpha value is -4.50. The molecule has 0 bridgehead atoms. The first-order chi connectivity index (χ1) is 26.7. The number of halogens is 12. The molecule has 0 aliphatic heterocycles. The molecule has 4 aromatic heterocycles. The molecular weight excluding hydrogens is 886 g/mol. The van der Waals surface area contributed by atoms with Gasteiger partial charge in [-0.05, 0) is 59.7 Å². The Morgan fingerprint density at radius 1 is 0.339 bits per heavy atom. The van der Waals surface area contributed by atoms with E-state index < -0.39 is 15.6 Å². The van der Waals surface area contributed by atoms with E-state index in [4.69, 9.17) is 9.97 Å². The van der Waals surface area contributed by atoms with Gasteiger partial charge in [0.1, 0.15) is 0 Å². The fourth-order valence-corrected chi connectivity index (χ4v) is 5.34. The number of hydrogen-bond donors (Lipinski definition) is 0. The molecule has 6 aromatic rings. The Kier molecular flexibility index (Phi) is 15.2. The molecule has 0 aliphatic carbocycles. The predicted octanol–water partition coefficient (Wildman–Crippen LogP) is 14.1. The van der Waals surface area contributed by atoms with E-state index >= 15 is 0 Å². The molecule has 6 nitrogen and oxygen atoms in total. The van der Waals surface area contributed by atoms with Gasteiger partial charge in [-0.3, -0.25) is 19.8 Å². The number of rotatable bonds is 13. The summed E-state index contributed by atoms with van der Waals surface area (Å²) in [6, 6.07) is 45.7. The third-order valence-corrected chi connectivity index (χ3v) is 7.37. The minimum absolute atomic E-state index is 0. The number of hydrogen-bond acceptors (Lipinski definition) is 6. The van der Waals surface area contributed by atoms with E-state index in [1.54, 1.807) is 0 Å². The molecular formula is C38H36F12FeN6P2+2. The molecule has 0 spiro atoms. The van der Waals surface area contributed by atoms with Gasteiger partial charge in [-0.25, -0.2) is 9.97 Å². The largest absolute Gasteiger partial charge is 4.00 e. The van der Waals surface area contributed by atoms with Crippen molar-refractivity contribution in [1.82, 2.24) is 29.7 Å². The van der Waals surface area contributed by atoms with Crippen molar-refractivity contribution in [1.29, 1.82) is 0 Å². The summed E-state index contributed by atoms with van der Waals surface area (Å²) in [4.78, 5) is 24.1. The summed E-state index contributed by atoms with van der Waals surface area (Å²) in [6.45, 7) is 4.50. The SMILES string of the molecule is F[P-](F)(F)(F)(F)F.F[P-](F)(F)(F)(F)F.[Fe+4].c1ccc(CN(Cc2ccccn2)Cc2cccc(-c3cccc(CN(Cc4ccccc4)Cc4ccccn4)n3)n2)cc1. The maximum absolute atomic E-state index is 10.7. The van der Waals surface area contributed by atoms with Gasteiger partial charge >= 0.3 is 83.0 Å². The smallest absolute Gasteiger partial charge is 0.287 e. The summed E-state index contributed by atoms with van der Waals surface area (Å²) in [5, 5.41) is 0. The fraction of sp³-hybridized carbons (Fsp3) is 0.158. The van der Waals surface area contributed by atoms with Gasteiger partial charge in [0, 0.05) is 51.7 Å². The van der Waals surface area contributed by atoms with Crippen LogP contribution < -0.4 is 0 Å². The van der Waals surface area contributed by atoms with Gasteiger partial charge in [-0.15, -0.1) is 0 Å². The monoisotopic (exact) mass is 922 g/mol. The molecule has 0 amide bonds. The average molecular weight is 923 g/mol. The molecule has 0 N–H and O–H groups in total. The Labute approximate surface area is 342 Å². The van der Waals surface area contributed by atoms with Crippen LogP contribution in [0.3, 0.4) is 0 Å². The van der Waals surface area contributed by atoms with Crippen molar-refractivity contribution >= 4 is 15.6 Å². The fourth-order valence-electron chi connectivity index (χ4n) is 5.34. The first-order valence-corrected chi connectivity index (χ1v) is 21.1. The molecule has 318 valence electrons. The Bertz CT molecular complexity index is 1930. The summed E-state index contributed by atoms with van der Waals surface area (Å²) < 4.78 is 118. The molecule has 59 heavy (non-hydrogen) atoms. The van der Waals surface area contributed by atoms with Crippen molar-refractivity contribution < 1.29 is 67.4 Å². The zero-order valence-corrected chi connectivity index (χ0v) is 33.5. The first-order valence-electron chi connectivity index (χ1n) is 17.0. The normalized spacial score (nSPS) is 13.9. The van der Waals surface area contributed by atoms with Gasteiger partial charge < -0.3 is 0 Å². The van der Waals surface area contributed by atoms with Gasteiger partial charge in [0.25, 0.3) is 0 Å². The molecule has 0 radical (unpaired) electrons. The second-order valence-electron chi connectivity index (χ2n) is 12.8. The zero-order chi connectivity index (χ0) is 42.6. The standard InChI is InChI=1S/C38H36N6.2F6P.Fe/c1-3-13-31(14-4-1)25-43(27-33-17-7-9-23-39-33)29-35-19-11-21-37(41-35)38-22-12-20-36(42-38)30-44(26-32-15-5-2-6-16-32)28-34-18-8-10-24-40-34;2*1-7(2,3,4,5)6;/h1-24H,25-30H2;;;/q;2*-1;+4. The first kappa shape index (κ1) is 48.9. The van der Waals surface area contributed by atoms with E-state index in [9.17, 15) is 50.4 Å². The van der Waals surface area contributed by atoms with Crippen molar-refractivity contribution in [2.45, 2.75) is 39.3 Å². The second-order valence-corrected chi connectivity index (χ2v) is 16.7. The Balaban J connectivity index is 0.000000533. The van der Waals surface area contributed by atoms with Crippen molar-refractivity contribution in [3.8, 4) is 11.4 Å². The minimum atomic E-state index is -10.7. The van der Waals surface area contributed by atoms with Crippen LogP contribution in [0.25, 0.3) is 11.4 Å². The van der Waals surface area contributed by atoms with Gasteiger partial charge in [0.05, 0.1) is 34.2 Å². The Morgan fingerprint density at radius 3 is 0.932 bits per heavy atom. The van der Waals surface area contributed by atoms with Gasteiger partial charge in [-0.2, -0.15) is 0 Å². The van der Waals surface area contributed by atoms with E-state index in [0.717, 1.165) is 60.3 Å². The summed E-state index contributed by atoms with van der Waals surface area (Å²) in [5.74, 6) is 0. The van der Waals surface area contributed by atoms with E-state index in [2.05, 4.69) is 117 Å². The molecule has 4 heterocycles. The van der Waals surface area contributed by atoms with E-state index in [1.807, 2.05) is 48.8 Å². The summed E-state index contributed by atoms with van der Waals surface area (Å²) in [6.07, 6.45) is 3.70. The van der Waals surface area contributed by atoms with Crippen LogP contribution in [0.5, 0.6) is 0 Å². The van der Waals surface area contributed by atoms with Crippen LogP contribution in [0.15, 0.2) is 146 Å². The van der Waals surface area contributed by atoms with E-state index in [1.165, 1.54) is 11.1 Å². The van der Waals surface area contributed by atoms with E-state index in [-0.39, 0.29) is 17.1 Å². The molecule has 0 fully saturated rings. The number of aromatic nitrogens is 4. The van der Waals surface area contributed by atoms with Crippen LogP contribution in [0.4, 0.5) is 50.4 Å². The maximum Gasteiger partial charge on any atom is 4.00 e. The van der Waals surface area contributed by atoms with Gasteiger partial charge in [-0.1, -0.05) is 84.9 Å². The third-order valence-electron chi connectivity index (χ3n) is 7.37. The Morgan fingerprint density at radius 2 is 0.627 bits per heavy atom. The van der Waals surface area contributed by atoms with Gasteiger partial charge in [0.15, 0.2) is 0 Å². The molecule has 0 unspecified atom stereocenters. The number of pyridine rings is 4. The van der Waals surface area contributed by atoms with Crippen LogP contribution in [0, 0.1) is 0 Å². The molecule has 6 rings (SSSR count).